The van der Waals surface area contributed by atoms with Gasteiger partial charge >= 0.3 is 0 Å². The highest BCUT2D eigenvalue weighted by molar-refractivity contribution is 8.01. The summed E-state index contributed by atoms with van der Waals surface area (Å²) in [5.74, 6) is -0.182. The maximum Gasteiger partial charge on any atom is 0.237 e. The third kappa shape index (κ3) is 6.56. The largest absolute Gasteiger partial charge is 0.325 e. The van der Waals surface area contributed by atoms with Crippen molar-refractivity contribution in [3.05, 3.63) is 58.1 Å². The summed E-state index contributed by atoms with van der Waals surface area (Å²) in [5.41, 5.74) is 2.49. The van der Waals surface area contributed by atoms with Gasteiger partial charge in [-0.25, -0.2) is 0 Å². The number of nitrogens with one attached hydrogen (secondary N) is 2. The smallest absolute Gasteiger partial charge is 0.237 e. The van der Waals surface area contributed by atoms with Gasteiger partial charge in [0.2, 0.25) is 11.8 Å². The maximum atomic E-state index is 12.2. The van der Waals surface area contributed by atoms with Crippen LogP contribution in [-0.4, -0.2) is 22.8 Å². The first-order chi connectivity index (χ1) is 12.4. The van der Waals surface area contributed by atoms with E-state index in [1.807, 2.05) is 24.3 Å². The lowest BCUT2D eigenvalue weighted by Gasteiger charge is -2.13. The van der Waals surface area contributed by atoms with Crippen molar-refractivity contribution in [2.45, 2.75) is 25.5 Å². The molecular weight excluding hydrogens is 391 g/mol. The number of halogens is 2. The lowest BCUT2D eigenvalue weighted by molar-refractivity contribution is -0.115. The Balaban J connectivity index is 1.81. The van der Waals surface area contributed by atoms with Crippen molar-refractivity contribution in [2.75, 3.05) is 16.4 Å². The zero-order valence-corrected chi connectivity index (χ0v) is 16.8. The topological polar surface area (TPSA) is 58.2 Å². The van der Waals surface area contributed by atoms with Crippen molar-refractivity contribution in [2.24, 2.45) is 0 Å². The van der Waals surface area contributed by atoms with E-state index >= 15 is 0 Å². The SMILES string of the molecule is CCc1ccc(NC(=O)CSC(C)C(=O)Nc2cc(Cl)cc(Cl)c2)cc1. The van der Waals surface area contributed by atoms with Crippen molar-refractivity contribution in [1.82, 2.24) is 0 Å². The Labute approximate surface area is 167 Å². The number of thioether (sulfide) groups is 1. The number of rotatable bonds is 7. The zero-order valence-electron chi connectivity index (χ0n) is 14.5. The quantitative estimate of drug-likeness (QED) is 0.654. The van der Waals surface area contributed by atoms with E-state index in [4.69, 9.17) is 23.2 Å². The minimum absolute atomic E-state index is 0.148. The van der Waals surface area contributed by atoms with Crippen LogP contribution in [0.5, 0.6) is 0 Å². The summed E-state index contributed by atoms with van der Waals surface area (Å²) in [6.07, 6.45) is 0.953. The molecule has 4 nitrogen and oxygen atoms in total. The Hall–Kier alpha value is -1.69. The molecule has 2 aromatic rings. The normalized spacial score (nSPS) is 11.7. The Morgan fingerprint density at radius 1 is 1.00 bits per heavy atom. The van der Waals surface area contributed by atoms with Crippen LogP contribution >= 0.6 is 35.0 Å². The van der Waals surface area contributed by atoms with Gasteiger partial charge in [-0.3, -0.25) is 9.59 Å². The molecule has 0 heterocycles. The van der Waals surface area contributed by atoms with E-state index in [0.717, 1.165) is 12.1 Å². The van der Waals surface area contributed by atoms with Crippen molar-refractivity contribution in [3.8, 4) is 0 Å². The van der Waals surface area contributed by atoms with Gasteiger partial charge in [-0.05, 0) is 49.2 Å². The second-order valence-corrected chi connectivity index (χ2v) is 7.90. The molecule has 1 atom stereocenters. The summed E-state index contributed by atoms with van der Waals surface area (Å²) < 4.78 is 0. The molecule has 0 spiro atoms. The molecular formula is C19H20Cl2N2O2S. The fourth-order valence-corrected chi connectivity index (χ4v) is 3.38. The molecule has 0 radical (unpaired) electrons. The minimum atomic E-state index is -0.402. The lowest BCUT2D eigenvalue weighted by Crippen LogP contribution is -2.25. The fraction of sp³-hybridized carbons (Fsp3) is 0.263. The zero-order chi connectivity index (χ0) is 19.1. The van der Waals surface area contributed by atoms with Gasteiger partial charge in [-0.15, -0.1) is 11.8 Å². The second kappa shape index (κ2) is 9.86. The molecule has 0 saturated heterocycles. The minimum Gasteiger partial charge on any atom is -0.325 e. The number of carbonyl (C=O) groups is 2. The van der Waals surface area contributed by atoms with Crippen LogP contribution in [0.25, 0.3) is 0 Å². The van der Waals surface area contributed by atoms with Crippen molar-refractivity contribution in [3.63, 3.8) is 0 Å². The van der Waals surface area contributed by atoms with Gasteiger partial charge in [0.25, 0.3) is 0 Å². The average molecular weight is 411 g/mol. The molecule has 2 N–H and O–H groups in total. The summed E-state index contributed by atoms with van der Waals surface area (Å²) in [6, 6.07) is 12.5. The monoisotopic (exact) mass is 410 g/mol. The highest BCUT2D eigenvalue weighted by atomic mass is 35.5. The van der Waals surface area contributed by atoms with Gasteiger partial charge < -0.3 is 10.6 Å². The molecule has 26 heavy (non-hydrogen) atoms. The molecule has 0 aliphatic rings. The van der Waals surface area contributed by atoms with E-state index < -0.39 is 5.25 Å². The van der Waals surface area contributed by atoms with Crippen LogP contribution in [0.2, 0.25) is 10.0 Å². The third-order valence-corrected chi connectivity index (χ3v) is 5.19. The number of anilines is 2. The molecule has 0 saturated carbocycles. The van der Waals surface area contributed by atoms with Gasteiger partial charge in [-0.1, -0.05) is 42.3 Å². The van der Waals surface area contributed by atoms with Gasteiger partial charge in [-0.2, -0.15) is 0 Å². The van der Waals surface area contributed by atoms with Crippen LogP contribution in [0.1, 0.15) is 19.4 Å². The number of carbonyl (C=O) groups excluding carboxylic acids is 2. The molecule has 2 aromatic carbocycles. The van der Waals surface area contributed by atoms with E-state index in [1.165, 1.54) is 17.3 Å². The summed E-state index contributed by atoms with van der Waals surface area (Å²) in [7, 11) is 0. The van der Waals surface area contributed by atoms with Gasteiger partial charge in [0.15, 0.2) is 0 Å². The molecule has 0 bridgehead atoms. The predicted molar refractivity (Wildman–Crippen MR) is 111 cm³/mol. The standard InChI is InChI=1S/C19H20Cl2N2O2S/c1-3-13-4-6-16(7-5-13)22-18(24)11-26-12(2)19(25)23-17-9-14(20)8-15(21)10-17/h4-10,12H,3,11H2,1-2H3,(H,22,24)(H,23,25). The van der Waals surface area contributed by atoms with Gasteiger partial charge in [0.1, 0.15) is 0 Å². The number of hydrogen-bond donors (Lipinski definition) is 2. The van der Waals surface area contributed by atoms with Gasteiger partial charge in [0, 0.05) is 21.4 Å². The molecule has 0 fully saturated rings. The second-order valence-electron chi connectivity index (χ2n) is 5.70. The van der Waals surface area contributed by atoms with Crippen LogP contribution in [0, 0.1) is 0 Å². The highest BCUT2D eigenvalue weighted by Crippen LogP contribution is 2.23. The van der Waals surface area contributed by atoms with Crippen molar-refractivity contribution in [1.29, 1.82) is 0 Å². The maximum absolute atomic E-state index is 12.2. The Kier molecular flexibility index (Phi) is 7.82. The molecule has 0 aliphatic heterocycles. The van der Waals surface area contributed by atoms with E-state index in [1.54, 1.807) is 25.1 Å². The third-order valence-electron chi connectivity index (χ3n) is 3.61. The summed E-state index contributed by atoms with van der Waals surface area (Å²) >= 11 is 13.1. The average Bonchev–Trinajstić information content (AvgIpc) is 2.59. The molecule has 0 aromatic heterocycles. The van der Waals surface area contributed by atoms with E-state index in [0.29, 0.717) is 15.7 Å². The van der Waals surface area contributed by atoms with Crippen LogP contribution < -0.4 is 10.6 Å². The predicted octanol–water partition coefficient (Wildman–Crippen LogP) is 5.25. The molecule has 7 heteroatoms. The fourth-order valence-electron chi connectivity index (χ4n) is 2.17. The van der Waals surface area contributed by atoms with Crippen LogP contribution in [0.3, 0.4) is 0 Å². The number of aryl methyl sites for hydroxylation is 1. The van der Waals surface area contributed by atoms with Crippen LogP contribution in [0.15, 0.2) is 42.5 Å². The van der Waals surface area contributed by atoms with Gasteiger partial charge in [0.05, 0.1) is 11.0 Å². The van der Waals surface area contributed by atoms with Crippen LogP contribution in [0.4, 0.5) is 11.4 Å². The Morgan fingerprint density at radius 2 is 1.62 bits per heavy atom. The molecule has 138 valence electrons. The van der Waals surface area contributed by atoms with E-state index in [9.17, 15) is 9.59 Å². The summed E-state index contributed by atoms with van der Waals surface area (Å²) in [4.78, 5) is 24.3. The molecule has 0 aliphatic carbocycles. The molecule has 1 unspecified atom stereocenters. The Morgan fingerprint density at radius 3 is 2.19 bits per heavy atom. The molecule has 2 rings (SSSR count). The van der Waals surface area contributed by atoms with Crippen molar-refractivity contribution < 1.29 is 9.59 Å². The van der Waals surface area contributed by atoms with E-state index in [-0.39, 0.29) is 17.6 Å². The first-order valence-electron chi connectivity index (χ1n) is 8.14. The lowest BCUT2D eigenvalue weighted by atomic mass is 10.1. The van der Waals surface area contributed by atoms with Crippen LogP contribution in [-0.2, 0) is 16.0 Å². The number of hydrogen-bond acceptors (Lipinski definition) is 3. The number of benzene rings is 2. The number of amides is 2. The summed E-state index contributed by atoms with van der Waals surface area (Å²) in [5, 5.41) is 6.06. The molecule has 2 amide bonds. The Bertz CT molecular complexity index is 761. The van der Waals surface area contributed by atoms with E-state index in [2.05, 4.69) is 17.6 Å². The van der Waals surface area contributed by atoms with Crippen molar-refractivity contribution >= 4 is 58.2 Å². The highest BCUT2D eigenvalue weighted by Gasteiger charge is 2.16. The summed E-state index contributed by atoms with van der Waals surface area (Å²) in [6.45, 7) is 3.82. The first-order valence-corrected chi connectivity index (χ1v) is 9.95. The first kappa shape index (κ1) is 20.6.